The topological polar surface area (TPSA) is 20.2 Å². The van der Waals surface area contributed by atoms with E-state index in [2.05, 4.69) is 15.9 Å². The predicted molar refractivity (Wildman–Crippen MR) is 69.6 cm³/mol. The minimum atomic E-state index is -1.31. The first-order chi connectivity index (χ1) is 8.50. The highest BCUT2D eigenvalue weighted by atomic mass is 79.9. The van der Waals surface area contributed by atoms with Crippen molar-refractivity contribution in [2.75, 3.05) is 0 Å². The minimum Gasteiger partial charge on any atom is -0.383 e. The number of halogens is 4. The van der Waals surface area contributed by atoms with Crippen molar-refractivity contribution in [3.05, 3.63) is 68.7 Å². The van der Waals surface area contributed by atoms with Gasteiger partial charge in [-0.25, -0.2) is 8.78 Å². The second-order valence-electron chi connectivity index (χ2n) is 3.71. The van der Waals surface area contributed by atoms with Crippen molar-refractivity contribution >= 4 is 27.5 Å². The number of aliphatic hydroxyl groups is 1. The van der Waals surface area contributed by atoms with Crippen molar-refractivity contribution in [2.24, 2.45) is 0 Å². The van der Waals surface area contributed by atoms with Gasteiger partial charge in [0.05, 0.1) is 0 Å². The number of aliphatic hydroxyl groups excluding tert-OH is 1. The first kappa shape index (κ1) is 13.5. The molecule has 1 unspecified atom stereocenters. The quantitative estimate of drug-likeness (QED) is 0.860. The molecule has 2 aromatic rings. The molecule has 0 bridgehead atoms. The van der Waals surface area contributed by atoms with Gasteiger partial charge in [0.15, 0.2) is 11.6 Å². The van der Waals surface area contributed by atoms with Crippen molar-refractivity contribution in [3.8, 4) is 0 Å². The summed E-state index contributed by atoms with van der Waals surface area (Å²) < 4.78 is 27.4. The standard InChI is InChI=1S/C13H8BrClF2O/c14-7-4-5-10(15)9(6-7)13(18)8-2-1-3-11(16)12(8)17/h1-6,13,18H. The largest absolute Gasteiger partial charge is 0.383 e. The van der Waals surface area contributed by atoms with Crippen LogP contribution >= 0.6 is 27.5 Å². The van der Waals surface area contributed by atoms with Crippen LogP contribution in [-0.4, -0.2) is 5.11 Å². The lowest BCUT2D eigenvalue weighted by Crippen LogP contribution is -2.05. The van der Waals surface area contributed by atoms with E-state index < -0.39 is 17.7 Å². The fourth-order valence-electron chi connectivity index (χ4n) is 1.62. The van der Waals surface area contributed by atoms with Gasteiger partial charge in [-0.3, -0.25) is 0 Å². The summed E-state index contributed by atoms with van der Waals surface area (Å²) in [7, 11) is 0. The molecule has 1 nitrogen and oxygen atoms in total. The van der Waals surface area contributed by atoms with Crippen LogP contribution in [0.2, 0.25) is 5.02 Å². The molecule has 0 radical (unpaired) electrons. The zero-order chi connectivity index (χ0) is 13.3. The molecule has 0 heterocycles. The zero-order valence-corrected chi connectivity index (χ0v) is 11.3. The van der Waals surface area contributed by atoms with Crippen molar-refractivity contribution in [2.45, 2.75) is 6.10 Å². The van der Waals surface area contributed by atoms with E-state index in [0.29, 0.717) is 10.0 Å². The van der Waals surface area contributed by atoms with Gasteiger partial charge in [0, 0.05) is 20.6 Å². The number of hydrogen-bond acceptors (Lipinski definition) is 1. The Hall–Kier alpha value is -0.970. The molecule has 2 rings (SSSR count). The molecule has 0 saturated carbocycles. The van der Waals surface area contributed by atoms with Crippen molar-refractivity contribution < 1.29 is 13.9 Å². The highest BCUT2D eigenvalue weighted by Crippen LogP contribution is 2.32. The van der Waals surface area contributed by atoms with Crippen LogP contribution in [0.5, 0.6) is 0 Å². The smallest absolute Gasteiger partial charge is 0.164 e. The van der Waals surface area contributed by atoms with Gasteiger partial charge in [0.2, 0.25) is 0 Å². The first-order valence-corrected chi connectivity index (χ1v) is 6.24. The predicted octanol–water partition coefficient (Wildman–Crippen LogP) is 4.46. The zero-order valence-electron chi connectivity index (χ0n) is 9.00. The fraction of sp³-hybridized carbons (Fsp3) is 0.0769. The fourth-order valence-corrected chi connectivity index (χ4v) is 2.22. The summed E-state index contributed by atoms with van der Waals surface area (Å²) in [5, 5.41) is 10.4. The molecule has 0 aliphatic heterocycles. The SMILES string of the molecule is OC(c1cc(Br)ccc1Cl)c1cccc(F)c1F. The van der Waals surface area contributed by atoms with Crippen molar-refractivity contribution in [1.82, 2.24) is 0 Å². The minimum absolute atomic E-state index is 0.144. The third-order valence-electron chi connectivity index (χ3n) is 2.53. The Morgan fingerprint density at radius 3 is 2.56 bits per heavy atom. The van der Waals surface area contributed by atoms with Gasteiger partial charge in [0.1, 0.15) is 6.10 Å². The number of benzene rings is 2. The Morgan fingerprint density at radius 1 is 1.11 bits per heavy atom. The molecule has 0 aliphatic carbocycles. The molecule has 1 N–H and O–H groups in total. The van der Waals surface area contributed by atoms with Crippen LogP contribution in [0, 0.1) is 11.6 Å². The van der Waals surface area contributed by atoms with Gasteiger partial charge in [-0.1, -0.05) is 39.7 Å². The van der Waals surface area contributed by atoms with Crippen LogP contribution in [0.3, 0.4) is 0 Å². The molecular weight excluding hydrogens is 325 g/mol. The van der Waals surface area contributed by atoms with E-state index in [1.54, 1.807) is 18.2 Å². The van der Waals surface area contributed by atoms with Crippen LogP contribution in [0.1, 0.15) is 17.2 Å². The molecule has 0 aromatic heterocycles. The maximum Gasteiger partial charge on any atom is 0.164 e. The van der Waals surface area contributed by atoms with E-state index in [9.17, 15) is 13.9 Å². The second-order valence-corrected chi connectivity index (χ2v) is 5.03. The van der Waals surface area contributed by atoms with E-state index in [4.69, 9.17) is 11.6 Å². The lowest BCUT2D eigenvalue weighted by molar-refractivity contribution is 0.213. The summed E-state index contributed by atoms with van der Waals surface area (Å²) >= 11 is 9.17. The average Bonchev–Trinajstić information content (AvgIpc) is 2.35. The highest BCUT2D eigenvalue weighted by molar-refractivity contribution is 9.10. The van der Waals surface area contributed by atoms with Crippen LogP contribution < -0.4 is 0 Å². The average molecular weight is 334 g/mol. The summed E-state index contributed by atoms with van der Waals surface area (Å²) in [4.78, 5) is 0. The third kappa shape index (κ3) is 2.55. The van der Waals surface area contributed by atoms with Gasteiger partial charge < -0.3 is 5.11 Å². The number of hydrogen-bond donors (Lipinski definition) is 1. The van der Waals surface area contributed by atoms with Gasteiger partial charge in [0.25, 0.3) is 0 Å². The van der Waals surface area contributed by atoms with Crippen LogP contribution in [0.25, 0.3) is 0 Å². The van der Waals surface area contributed by atoms with E-state index in [1.165, 1.54) is 12.1 Å². The van der Waals surface area contributed by atoms with E-state index >= 15 is 0 Å². The van der Waals surface area contributed by atoms with E-state index in [-0.39, 0.29) is 10.6 Å². The molecule has 1 atom stereocenters. The molecular formula is C13H8BrClF2O. The Labute approximate surface area is 116 Å². The molecule has 5 heteroatoms. The maximum absolute atomic E-state index is 13.6. The molecule has 0 aliphatic rings. The first-order valence-electron chi connectivity index (χ1n) is 5.07. The Balaban J connectivity index is 2.51. The second kappa shape index (κ2) is 5.34. The van der Waals surface area contributed by atoms with Gasteiger partial charge in [-0.05, 0) is 24.3 Å². The summed E-state index contributed by atoms with van der Waals surface area (Å²) in [5.74, 6) is -2.07. The van der Waals surface area contributed by atoms with Crippen molar-refractivity contribution in [1.29, 1.82) is 0 Å². The molecule has 0 spiro atoms. The Kier molecular flexibility index (Phi) is 4.00. The van der Waals surface area contributed by atoms with Crippen LogP contribution in [-0.2, 0) is 0 Å². The number of rotatable bonds is 2. The summed E-state index contributed by atoms with van der Waals surface area (Å²) in [6.45, 7) is 0. The molecule has 0 fully saturated rings. The van der Waals surface area contributed by atoms with Gasteiger partial charge >= 0.3 is 0 Å². The summed E-state index contributed by atoms with van der Waals surface area (Å²) in [6, 6.07) is 8.48. The molecule has 0 amide bonds. The summed E-state index contributed by atoms with van der Waals surface area (Å²) in [5.41, 5.74) is 0.172. The lowest BCUT2D eigenvalue weighted by atomic mass is 10.0. The molecule has 0 saturated heterocycles. The lowest BCUT2D eigenvalue weighted by Gasteiger charge is -2.14. The van der Waals surface area contributed by atoms with Gasteiger partial charge in [-0.15, -0.1) is 0 Å². The molecule has 2 aromatic carbocycles. The molecule has 18 heavy (non-hydrogen) atoms. The maximum atomic E-state index is 13.6. The van der Waals surface area contributed by atoms with Crippen LogP contribution in [0.15, 0.2) is 40.9 Å². The van der Waals surface area contributed by atoms with E-state index in [1.807, 2.05) is 0 Å². The van der Waals surface area contributed by atoms with Gasteiger partial charge in [-0.2, -0.15) is 0 Å². The normalized spacial score (nSPS) is 12.5. The van der Waals surface area contributed by atoms with Crippen molar-refractivity contribution in [3.63, 3.8) is 0 Å². The highest BCUT2D eigenvalue weighted by Gasteiger charge is 2.19. The Bertz CT molecular complexity index is 587. The monoisotopic (exact) mass is 332 g/mol. The summed E-state index contributed by atoms with van der Waals surface area (Å²) in [6.07, 6.45) is -1.31. The Morgan fingerprint density at radius 2 is 1.83 bits per heavy atom. The van der Waals surface area contributed by atoms with E-state index in [0.717, 1.165) is 6.07 Å². The third-order valence-corrected chi connectivity index (χ3v) is 3.37. The molecule has 94 valence electrons. The van der Waals surface area contributed by atoms with Crippen LogP contribution in [0.4, 0.5) is 8.78 Å².